The smallest absolute Gasteiger partial charge is 0.334 e. The second-order valence-corrected chi connectivity index (χ2v) is 28.4. The number of carbonyl (C=O) groups is 14. The van der Waals surface area contributed by atoms with E-state index in [0.29, 0.717) is 30.7 Å². The number of rotatable bonds is 35. The number of aliphatic hydroxyl groups excluding tert-OH is 2. The Bertz CT molecular complexity index is 3260. The molecule has 0 spiro atoms. The van der Waals surface area contributed by atoms with E-state index >= 15 is 0 Å². The molecule has 32 nitrogen and oxygen atoms in total. The zero-order valence-corrected chi connectivity index (χ0v) is 61.5. The maximum Gasteiger partial charge on any atom is 0.334 e. The number of ether oxygens (including phenoxy) is 1. The zero-order valence-electron chi connectivity index (χ0n) is 61.5. The third kappa shape index (κ3) is 31.1. The lowest BCUT2D eigenvalue weighted by Crippen LogP contribution is -2.64. The summed E-state index contributed by atoms with van der Waals surface area (Å²) in [7, 11) is 0. The molecule has 3 aliphatic heterocycles. The minimum absolute atomic E-state index is 0.0243. The summed E-state index contributed by atoms with van der Waals surface area (Å²) in [6.07, 6.45) is 2.72. The summed E-state index contributed by atoms with van der Waals surface area (Å²) in [4.78, 5) is 196. The van der Waals surface area contributed by atoms with Crippen LogP contribution in [0.15, 0.2) is 48.5 Å². The highest BCUT2D eigenvalue weighted by Gasteiger charge is 2.44. The Balaban J connectivity index is 1.77. The standard InChI is InChI=1S/C73H112N12O20/c1-8-43(4)61-71(103)105-49-29-25-46(26-30-49)40-55(80-63(95)50(21-17-37-74)77-64(96)51(32-35-59(91)92)76-58(90)41-48(88)20-16-14-12-10-9-11-13-15-19-42(2)3)67(99)83-62(44(5)86)70(102)79-53(33-36-60(93)94)68(100)84-73(6,7)72(104)85-38-18-22-56(85)69(101)78-52(31-34-57(75)89)65(97)81-54(66(98)82-61)39-45-23-27-47(87)28-24-45/h23-30,42-44,48,50-56,61-62,86-88H,8-22,31-41,74H2,1-7H3,(H2,75,89)(H,76,90)(H,77,96)(H,78,101)(H,79,102)(H,80,95)(H,81,97)(H,82,98)(H,83,99)(H,84,100)(H,91,92)(H,93,94). The Morgan fingerprint density at radius 3 is 1.78 bits per heavy atom. The number of amides is 11. The molecule has 1 fully saturated rings. The van der Waals surface area contributed by atoms with E-state index in [-0.39, 0.29) is 62.3 Å². The van der Waals surface area contributed by atoms with Crippen molar-refractivity contribution in [2.45, 2.75) is 275 Å². The van der Waals surface area contributed by atoms with Crippen molar-refractivity contribution in [2.24, 2.45) is 23.3 Å². The van der Waals surface area contributed by atoms with Crippen molar-refractivity contribution >= 4 is 82.9 Å². The summed E-state index contributed by atoms with van der Waals surface area (Å²) in [6.45, 7) is 11.3. The molecule has 0 radical (unpaired) electrons. The van der Waals surface area contributed by atoms with Crippen molar-refractivity contribution in [2.75, 3.05) is 13.1 Å². The fourth-order valence-electron chi connectivity index (χ4n) is 12.2. The summed E-state index contributed by atoms with van der Waals surface area (Å²) in [6, 6.07) is -3.46. The number of fused-ring (bicyclic) bond motifs is 23. The van der Waals surface area contributed by atoms with Gasteiger partial charge >= 0.3 is 17.9 Å². The Morgan fingerprint density at radius 2 is 1.19 bits per heavy atom. The van der Waals surface area contributed by atoms with Gasteiger partial charge in [0.15, 0.2) is 0 Å². The predicted molar refractivity (Wildman–Crippen MR) is 383 cm³/mol. The van der Waals surface area contributed by atoms with Crippen LogP contribution in [0.2, 0.25) is 0 Å². The molecule has 0 saturated carbocycles. The molecule has 3 aliphatic rings. The molecule has 584 valence electrons. The third-order valence-electron chi connectivity index (χ3n) is 18.5. The van der Waals surface area contributed by atoms with Crippen LogP contribution in [0.25, 0.3) is 0 Å². The number of carboxylic acid groups (broad SMARTS) is 2. The highest BCUT2D eigenvalue weighted by Crippen LogP contribution is 2.25. The molecule has 3 heterocycles. The van der Waals surface area contributed by atoms with Gasteiger partial charge in [-0.1, -0.05) is 116 Å². The molecule has 2 aromatic rings. The Morgan fingerprint density at radius 1 is 0.629 bits per heavy atom. The van der Waals surface area contributed by atoms with Crippen LogP contribution < -0.4 is 64.1 Å². The molecule has 105 heavy (non-hydrogen) atoms. The van der Waals surface area contributed by atoms with E-state index in [0.717, 1.165) is 43.9 Å². The van der Waals surface area contributed by atoms with Crippen LogP contribution in [0.4, 0.5) is 0 Å². The van der Waals surface area contributed by atoms with Crippen LogP contribution in [0.1, 0.15) is 201 Å². The minimum Gasteiger partial charge on any atom is -0.508 e. The number of hydrogen-bond donors (Lipinski definition) is 16. The number of aliphatic hydroxyl groups is 2. The lowest BCUT2D eigenvalue weighted by molar-refractivity contribution is -0.146. The van der Waals surface area contributed by atoms with Crippen LogP contribution in [-0.2, 0) is 80.0 Å². The quantitative estimate of drug-likeness (QED) is 0.0200. The summed E-state index contributed by atoms with van der Waals surface area (Å²) in [5.74, 6) is -14.8. The van der Waals surface area contributed by atoms with Crippen LogP contribution in [-0.4, -0.2) is 199 Å². The van der Waals surface area contributed by atoms with Gasteiger partial charge in [-0.25, -0.2) is 4.79 Å². The van der Waals surface area contributed by atoms with Crippen LogP contribution in [0.3, 0.4) is 0 Å². The van der Waals surface area contributed by atoms with E-state index in [1.54, 1.807) is 13.8 Å². The monoisotopic (exact) mass is 1480 g/mol. The maximum absolute atomic E-state index is 14.8. The van der Waals surface area contributed by atoms with E-state index < -0.39 is 212 Å². The number of benzene rings is 2. The number of primary amides is 1. The van der Waals surface area contributed by atoms with Gasteiger partial charge in [0.1, 0.15) is 71.4 Å². The van der Waals surface area contributed by atoms with Crippen LogP contribution >= 0.6 is 0 Å². The SMILES string of the molecule is CCC(C)C1NC(=O)C(Cc2ccc(O)cc2)NC(=O)C(CCC(N)=O)NC(=O)C2CCCN2C(=O)C(C)(C)NC(=O)C(CCC(=O)O)NC(=O)C(C(C)O)NC(=O)C(NC(=O)C(CCCN)NC(=O)C(CCC(=O)O)NC(=O)CC(O)CCCCCCCCCCC(C)C)Cc2ccc(cc2)OC1=O. The van der Waals surface area contributed by atoms with Gasteiger partial charge in [0, 0.05) is 38.6 Å². The lowest BCUT2D eigenvalue weighted by atomic mass is 9.97. The van der Waals surface area contributed by atoms with E-state index in [4.69, 9.17) is 16.2 Å². The second kappa shape index (κ2) is 44.5. The van der Waals surface area contributed by atoms with Gasteiger partial charge in [-0.3, -0.25) is 62.3 Å². The average molecular weight is 1480 g/mol. The minimum atomic E-state index is -1.99. The highest BCUT2D eigenvalue weighted by atomic mass is 16.5. The number of esters is 1. The molecule has 12 atom stereocenters. The summed E-state index contributed by atoms with van der Waals surface area (Å²) in [5, 5.41) is 74.3. The third-order valence-corrected chi connectivity index (χ3v) is 18.5. The molecule has 0 aromatic heterocycles. The first-order valence-corrected chi connectivity index (χ1v) is 36.5. The summed E-state index contributed by atoms with van der Waals surface area (Å²) in [5.41, 5.74) is 10.1. The molecular formula is C73H112N12O20. The molecule has 2 bridgehead atoms. The van der Waals surface area contributed by atoms with Gasteiger partial charge in [-0.15, -0.1) is 0 Å². The van der Waals surface area contributed by atoms with Crippen molar-refractivity contribution in [3.8, 4) is 11.5 Å². The molecule has 2 aromatic carbocycles. The Hall–Kier alpha value is -9.30. The van der Waals surface area contributed by atoms with Gasteiger partial charge in [0.25, 0.3) is 0 Å². The topological polar surface area (TPSA) is 513 Å². The second-order valence-electron chi connectivity index (χ2n) is 28.4. The molecule has 12 unspecified atom stereocenters. The molecular weight excluding hydrogens is 1360 g/mol. The number of nitrogens with two attached hydrogens (primary N) is 2. The molecule has 5 rings (SSSR count). The number of aliphatic carboxylic acids is 2. The van der Waals surface area contributed by atoms with Crippen molar-refractivity contribution in [1.82, 2.24) is 52.8 Å². The summed E-state index contributed by atoms with van der Waals surface area (Å²) < 4.78 is 5.83. The normalized spacial score (nSPS) is 21.7. The molecule has 18 N–H and O–H groups in total. The van der Waals surface area contributed by atoms with Gasteiger partial charge in [-0.2, -0.15) is 0 Å². The number of nitrogens with zero attached hydrogens (tertiary/aromatic N) is 1. The predicted octanol–water partition coefficient (Wildman–Crippen LogP) is 1.33. The number of aromatic hydroxyl groups is 1. The number of hydrogen-bond acceptors (Lipinski definition) is 19. The first-order valence-electron chi connectivity index (χ1n) is 36.5. The average Bonchev–Trinajstić information content (AvgIpc) is 1.74. The van der Waals surface area contributed by atoms with Crippen molar-refractivity contribution < 1.29 is 97.4 Å². The van der Waals surface area contributed by atoms with E-state index in [1.807, 2.05) is 0 Å². The van der Waals surface area contributed by atoms with Crippen molar-refractivity contribution in [1.29, 1.82) is 0 Å². The number of phenolic OH excluding ortho intramolecular Hbond substituents is 1. The zero-order chi connectivity index (χ0) is 78.1. The molecule has 11 amide bonds. The fourth-order valence-corrected chi connectivity index (χ4v) is 12.2. The van der Waals surface area contributed by atoms with Crippen LogP contribution in [0.5, 0.6) is 11.5 Å². The van der Waals surface area contributed by atoms with Crippen LogP contribution in [0, 0.1) is 11.8 Å². The molecule has 32 heteroatoms. The largest absolute Gasteiger partial charge is 0.508 e. The van der Waals surface area contributed by atoms with Crippen molar-refractivity contribution in [3.63, 3.8) is 0 Å². The van der Waals surface area contributed by atoms with E-state index in [1.165, 1.54) is 81.6 Å². The van der Waals surface area contributed by atoms with Gasteiger partial charge in [0.05, 0.1) is 18.6 Å². The van der Waals surface area contributed by atoms with E-state index in [2.05, 4.69) is 61.7 Å². The number of unbranched alkanes of at least 4 members (excludes halogenated alkanes) is 7. The summed E-state index contributed by atoms with van der Waals surface area (Å²) >= 11 is 0. The highest BCUT2D eigenvalue weighted by molar-refractivity contribution is 6.00. The molecule has 0 aliphatic carbocycles. The molecule has 1 saturated heterocycles. The Labute approximate surface area is 612 Å². The van der Waals surface area contributed by atoms with Gasteiger partial charge in [0.2, 0.25) is 65.0 Å². The lowest BCUT2D eigenvalue weighted by Gasteiger charge is -2.35. The number of nitrogens with one attached hydrogen (secondary N) is 9. The number of carbonyl (C=O) groups excluding carboxylic acids is 12. The van der Waals surface area contributed by atoms with Crippen molar-refractivity contribution in [3.05, 3.63) is 59.7 Å². The first-order chi connectivity index (χ1) is 49.6. The fraction of sp³-hybridized carbons (Fsp3) is 0.644. The number of phenols is 1. The Kier molecular flexibility index (Phi) is 37.3. The van der Waals surface area contributed by atoms with E-state index in [9.17, 15) is 92.7 Å². The maximum atomic E-state index is 14.8. The first kappa shape index (κ1) is 88.1. The number of carboxylic acids is 2. The van der Waals surface area contributed by atoms with Gasteiger partial charge in [-0.05, 0) is 126 Å². The van der Waals surface area contributed by atoms with Gasteiger partial charge < -0.3 is 94.5 Å².